The second-order valence-electron chi connectivity index (χ2n) is 5.64. The molecule has 6 nitrogen and oxygen atoms in total. The second kappa shape index (κ2) is 5.82. The molecule has 0 bridgehead atoms. The van der Waals surface area contributed by atoms with Gasteiger partial charge in [0.15, 0.2) is 11.5 Å². The van der Waals surface area contributed by atoms with Crippen molar-refractivity contribution in [2.24, 2.45) is 0 Å². The predicted molar refractivity (Wildman–Crippen MR) is 90.6 cm³/mol. The Morgan fingerprint density at radius 3 is 2.72 bits per heavy atom. The number of rotatable bonds is 4. The van der Waals surface area contributed by atoms with Crippen molar-refractivity contribution in [3.05, 3.63) is 58.2 Å². The lowest BCUT2D eigenvalue weighted by Gasteiger charge is -2.04. The Balaban J connectivity index is 1.84. The summed E-state index contributed by atoms with van der Waals surface area (Å²) >= 11 is 5.99. The van der Waals surface area contributed by atoms with Gasteiger partial charge in [-0.05, 0) is 30.3 Å². The zero-order valence-electron chi connectivity index (χ0n) is 12.8. The molecule has 2 N–H and O–H groups in total. The molecule has 0 radical (unpaired) electrons. The number of carboxylic acid groups (broad SMARTS) is 1. The number of halogens is 1. The highest BCUT2D eigenvalue weighted by molar-refractivity contribution is 6.31. The smallest absolute Gasteiger partial charge is 0.307 e. The predicted octanol–water partition coefficient (Wildman–Crippen LogP) is 3.41. The van der Waals surface area contributed by atoms with Crippen molar-refractivity contribution < 1.29 is 24.2 Å². The average molecular weight is 358 g/mol. The normalized spacial score (nSPS) is 12.5. The minimum atomic E-state index is -1.02. The maximum Gasteiger partial charge on any atom is 0.307 e. The standard InChI is InChI=1S/C18H12ClNO5/c19-10-2-3-11-12(7-16(21)22)17(20-13(11)6-10)18(23)9-1-4-14-15(5-9)25-8-24-14/h1-6,20H,7-8H2,(H,21,22). The summed E-state index contributed by atoms with van der Waals surface area (Å²) in [5, 5.41) is 10.4. The first-order valence-corrected chi connectivity index (χ1v) is 7.87. The molecule has 0 saturated carbocycles. The molecular formula is C18H12ClNO5. The molecule has 1 aromatic heterocycles. The lowest BCUT2D eigenvalue weighted by molar-refractivity contribution is -0.136. The van der Waals surface area contributed by atoms with Crippen LogP contribution in [0.1, 0.15) is 21.6 Å². The summed E-state index contributed by atoms with van der Waals surface area (Å²) in [6.07, 6.45) is -0.271. The minimum Gasteiger partial charge on any atom is -0.481 e. The number of H-pyrrole nitrogens is 1. The molecule has 2 aromatic carbocycles. The molecule has 0 amide bonds. The first-order chi connectivity index (χ1) is 12.0. The zero-order valence-corrected chi connectivity index (χ0v) is 13.6. The van der Waals surface area contributed by atoms with E-state index in [9.17, 15) is 14.7 Å². The first kappa shape index (κ1) is 15.5. The Labute approximate surface area is 146 Å². The van der Waals surface area contributed by atoms with Crippen molar-refractivity contribution in [3.8, 4) is 11.5 Å². The fraction of sp³-hybridized carbons (Fsp3) is 0.111. The van der Waals surface area contributed by atoms with Gasteiger partial charge in [0.1, 0.15) is 0 Å². The van der Waals surface area contributed by atoms with Gasteiger partial charge in [0.2, 0.25) is 12.6 Å². The van der Waals surface area contributed by atoms with Gasteiger partial charge in [0, 0.05) is 27.1 Å². The Kier molecular flexibility index (Phi) is 3.62. The van der Waals surface area contributed by atoms with Crippen molar-refractivity contribution in [2.45, 2.75) is 6.42 Å². The van der Waals surface area contributed by atoms with Gasteiger partial charge >= 0.3 is 5.97 Å². The number of aromatic nitrogens is 1. The number of ether oxygens (including phenoxy) is 2. The van der Waals surface area contributed by atoms with Crippen LogP contribution in [0.2, 0.25) is 5.02 Å². The third-order valence-corrected chi connectivity index (χ3v) is 4.29. The largest absolute Gasteiger partial charge is 0.481 e. The van der Waals surface area contributed by atoms with Gasteiger partial charge in [0.05, 0.1) is 12.1 Å². The number of ketones is 1. The molecule has 0 unspecified atom stereocenters. The number of carbonyl (C=O) groups excluding carboxylic acids is 1. The van der Waals surface area contributed by atoms with Crippen LogP contribution in [0.25, 0.3) is 10.9 Å². The van der Waals surface area contributed by atoms with Crippen molar-refractivity contribution in [2.75, 3.05) is 6.79 Å². The summed E-state index contributed by atoms with van der Waals surface area (Å²) in [6, 6.07) is 9.91. The van der Waals surface area contributed by atoms with Gasteiger partial charge in [-0.25, -0.2) is 0 Å². The van der Waals surface area contributed by atoms with Crippen molar-refractivity contribution in [1.82, 2.24) is 4.98 Å². The SMILES string of the molecule is O=C(O)Cc1c(C(=O)c2ccc3c(c2)OCO3)[nH]c2cc(Cl)ccc12. The molecule has 25 heavy (non-hydrogen) atoms. The number of aromatic amines is 1. The number of hydrogen-bond donors (Lipinski definition) is 2. The molecular weight excluding hydrogens is 346 g/mol. The summed E-state index contributed by atoms with van der Waals surface area (Å²) in [6.45, 7) is 0.113. The molecule has 3 aromatic rings. The van der Waals surface area contributed by atoms with Crippen LogP contribution >= 0.6 is 11.6 Å². The molecule has 2 heterocycles. The van der Waals surface area contributed by atoms with E-state index in [1.54, 1.807) is 36.4 Å². The lowest BCUT2D eigenvalue weighted by Crippen LogP contribution is -2.08. The molecule has 0 saturated heterocycles. The molecule has 126 valence electrons. The van der Waals surface area contributed by atoms with Crippen molar-refractivity contribution in [3.63, 3.8) is 0 Å². The Morgan fingerprint density at radius 1 is 1.12 bits per heavy atom. The van der Waals surface area contributed by atoms with E-state index in [0.717, 1.165) is 0 Å². The molecule has 0 aliphatic carbocycles. The summed E-state index contributed by atoms with van der Waals surface area (Å²) in [4.78, 5) is 27.2. The highest BCUT2D eigenvalue weighted by atomic mass is 35.5. The Bertz CT molecular complexity index is 1020. The highest BCUT2D eigenvalue weighted by Crippen LogP contribution is 2.34. The number of aliphatic carboxylic acids is 1. The van der Waals surface area contributed by atoms with Gasteiger partial charge in [0.25, 0.3) is 0 Å². The number of fused-ring (bicyclic) bond motifs is 2. The van der Waals surface area contributed by atoms with Crippen LogP contribution in [0.3, 0.4) is 0 Å². The molecule has 1 aliphatic heterocycles. The molecule has 0 atom stereocenters. The minimum absolute atomic E-state index is 0.113. The number of benzene rings is 2. The summed E-state index contributed by atoms with van der Waals surface area (Å²) in [7, 11) is 0. The molecule has 1 aliphatic rings. The van der Waals surface area contributed by atoms with E-state index in [4.69, 9.17) is 21.1 Å². The van der Waals surface area contributed by atoms with Crippen LogP contribution < -0.4 is 9.47 Å². The average Bonchev–Trinajstić information content (AvgIpc) is 3.17. The van der Waals surface area contributed by atoms with Crippen LogP contribution in [-0.4, -0.2) is 28.6 Å². The van der Waals surface area contributed by atoms with Gasteiger partial charge in [-0.2, -0.15) is 0 Å². The van der Waals surface area contributed by atoms with E-state index in [1.165, 1.54) is 0 Å². The summed E-state index contributed by atoms with van der Waals surface area (Å²) in [5.41, 5.74) is 1.67. The van der Waals surface area contributed by atoms with Gasteiger partial charge in [-0.3, -0.25) is 9.59 Å². The van der Waals surface area contributed by atoms with E-state index in [-0.39, 0.29) is 24.7 Å². The molecule has 4 rings (SSSR count). The monoisotopic (exact) mass is 357 g/mol. The summed E-state index contributed by atoms with van der Waals surface area (Å²) < 4.78 is 10.5. The van der Waals surface area contributed by atoms with E-state index >= 15 is 0 Å². The van der Waals surface area contributed by atoms with Gasteiger partial charge < -0.3 is 19.6 Å². The number of carboxylic acids is 1. The highest BCUT2D eigenvalue weighted by Gasteiger charge is 2.23. The van der Waals surface area contributed by atoms with Crippen molar-refractivity contribution in [1.29, 1.82) is 0 Å². The fourth-order valence-electron chi connectivity index (χ4n) is 2.94. The number of carbonyl (C=O) groups is 2. The van der Waals surface area contributed by atoms with Gasteiger partial charge in [-0.15, -0.1) is 0 Å². The zero-order chi connectivity index (χ0) is 17.6. The van der Waals surface area contributed by atoms with E-state index in [0.29, 0.717) is 38.6 Å². The van der Waals surface area contributed by atoms with Gasteiger partial charge in [-0.1, -0.05) is 17.7 Å². The van der Waals surface area contributed by atoms with Crippen LogP contribution in [0.4, 0.5) is 0 Å². The number of nitrogens with one attached hydrogen (secondary N) is 1. The maximum atomic E-state index is 12.9. The third-order valence-electron chi connectivity index (χ3n) is 4.06. The summed E-state index contributed by atoms with van der Waals surface area (Å²) in [5.74, 6) is -0.270. The molecule has 7 heteroatoms. The lowest BCUT2D eigenvalue weighted by atomic mass is 10.0. The second-order valence-corrected chi connectivity index (χ2v) is 6.07. The van der Waals surface area contributed by atoms with Crippen LogP contribution in [0.5, 0.6) is 11.5 Å². The van der Waals surface area contributed by atoms with Crippen LogP contribution in [-0.2, 0) is 11.2 Å². The van der Waals surface area contributed by atoms with Crippen LogP contribution in [0, 0.1) is 0 Å². The topological polar surface area (TPSA) is 88.6 Å². The van der Waals surface area contributed by atoms with E-state index in [1.807, 2.05) is 0 Å². The maximum absolute atomic E-state index is 12.9. The molecule has 0 spiro atoms. The fourth-order valence-corrected chi connectivity index (χ4v) is 3.11. The quantitative estimate of drug-likeness (QED) is 0.698. The first-order valence-electron chi connectivity index (χ1n) is 7.49. The molecule has 0 fully saturated rings. The Morgan fingerprint density at radius 2 is 1.92 bits per heavy atom. The van der Waals surface area contributed by atoms with Crippen molar-refractivity contribution >= 4 is 34.3 Å². The Hall–Kier alpha value is -2.99. The number of hydrogen-bond acceptors (Lipinski definition) is 4. The van der Waals surface area contributed by atoms with E-state index in [2.05, 4.69) is 4.98 Å². The van der Waals surface area contributed by atoms with Crippen LogP contribution in [0.15, 0.2) is 36.4 Å². The van der Waals surface area contributed by atoms with E-state index < -0.39 is 5.97 Å². The third kappa shape index (κ3) is 2.70.